The number of hydrogen-bond donors (Lipinski definition) is 2. The fourth-order valence-corrected chi connectivity index (χ4v) is 4.49. The maximum absolute atomic E-state index is 15.2. The van der Waals surface area contributed by atoms with Gasteiger partial charge in [0.15, 0.2) is 10.9 Å². The van der Waals surface area contributed by atoms with Crippen LogP contribution < -0.4 is 10.2 Å². The van der Waals surface area contributed by atoms with Crippen LogP contribution in [0, 0.1) is 18.7 Å². The number of amides is 1. The van der Waals surface area contributed by atoms with Crippen LogP contribution in [0.25, 0.3) is 32.5 Å². The lowest BCUT2D eigenvalue weighted by molar-refractivity contribution is -0.117. The van der Waals surface area contributed by atoms with Gasteiger partial charge < -0.3 is 10.2 Å². The summed E-state index contributed by atoms with van der Waals surface area (Å²) < 4.78 is 28.3. The summed E-state index contributed by atoms with van der Waals surface area (Å²) in [5, 5.41) is 10.8. The zero-order chi connectivity index (χ0) is 21.2. The van der Waals surface area contributed by atoms with Gasteiger partial charge >= 0.3 is 0 Å². The molecule has 1 amide bonds. The molecule has 0 bridgehead atoms. The molecule has 10 heteroatoms. The van der Waals surface area contributed by atoms with E-state index in [2.05, 4.69) is 25.5 Å². The number of alkyl halides is 1. The molecule has 0 aliphatic heterocycles. The van der Waals surface area contributed by atoms with Gasteiger partial charge in [0, 0.05) is 25.0 Å². The molecule has 0 spiro atoms. The minimum atomic E-state index is -1.07. The van der Waals surface area contributed by atoms with Gasteiger partial charge in [-0.05, 0) is 31.0 Å². The van der Waals surface area contributed by atoms with Gasteiger partial charge in [0.05, 0.1) is 29.0 Å². The SMILES string of the molecule is Cc1c(F)c(N(C)C)c2[nH]ncc2c1-c1ccc2nc(NC(=O)[C@@H]3C[C@@H]3F)sc2n1. The van der Waals surface area contributed by atoms with Crippen molar-refractivity contribution in [3.05, 3.63) is 29.7 Å². The number of aromatic nitrogens is 4. The molecular weight excluding hydrogens is 410 g/mol. The smallest absolute Gasteiger partial charge is 0.232 e. The van der Waals surface area contributed by atoms with Gasteiger partial charge in [-0.15, -0.1) is 0 Å². The number of fused-ring (bicyclic) bond motifs is 2. The lowest BCUT2D eigenvalue weighted by Crippen LogP contribution is -2.14. The van der Waals surface area contributed by atoms with E-state index in [4.69, 9.17) is 0 Å². The van der Waals surface area contributed by atoms with E-state index in [1.54, 1.807) is 44.2 Å². The molecule has 2 N–H and O–H groups in total. The maximum atomic E-state index is 15.2. The van der Waals surface area contributed by atoms with Gasteiger partial charge in [0.2, 0.25) is 5.91 Å². The molecule has 7 nitrogen and oxygen atoms in total. The van der Waals surface area contributed by atoms with Crippen molar-refractivity contribution in [1.82, 2.24) is 20.2 Å². The molecule has 3 aromatic heterocycles. The van der Waals surface area contributed by atoms with Gasteiger partial charge in [-0.25, -0.2) is 18.7 Å². The Morgan fingerprint density at radius 2 is 2.10 bits per heavy atom. The summed E-state index contributed by atoms with van der Waals surface area (Å²) in [6, 6.07) is 3.55. The largest absolute Gasteiger partial charge is 0.374 e. The number of H-pyrrole nitrogens is 1. The highest BCUT2D eigenvalue weighted by atomic mass is 32.1. The third-order valence-electron chi connectivity index (χ3n) is 5.30. The summed E-state index contributed by atoms with van der Waals surface area (Å²) >= 11 is 1.20. The molecule has 0 saturated heterocycles. The van der Waals surface area contributed by atoms with Crippen LogP contribution in [0.3, 0.4) is 0 Å². The van der Waals surface area contributed by atoms with E-state index in [9.17, 15) is 9.18 Å². The van der Waals surface area contributed by atoms with Crippen molar-refractivity contribution in [2.75, 3.05) is 24.3 Å². The Kier molecular flexibility index (Phi) is 4.21. The molecule has 0 unspecified atom stereocenters. The van der Waals surface area contributed by atoms with Crippen molar-refractivity contribution < 1.29 is 13.6 Å². The first-order valence-corrected chi connectivity index (χ1v) is 10.2. The maximum Gasteiger partial charge on any atom is 0.232 e. The number of thiazole rings is 1. The Labute approximate surface area is 174 Å². The van der Waals surface area contributed by atoms with Crippen LogP contribution in [-0.4, -0.2) is 46.3 Å². The predicted molar refractivity (Wildman–Crippen MR) is 113 cm³/mol. The molecule has 154 valence electrons. The van der Waals surface area contributed by atoms with E-state index in [0.29, 0.717) is 43.5 Å². The quantitative estimate of drug-likeness (QED) is 0.512. The summed E-state index contributed by atoms with van der Waals surface area (Å²) in [4.78, 5) is 23.3. The summed E-state index contributed by atoms with van der Waals surface area (Å²) in [5.74, 6) is -1.29. The van der Waals surface area contributed by atoms with Crippen LogP contribution in [0.4, 0.5) is 19.6 Å². The van der Waals surface area contributed by atoms with Gasteiger partial charge in [-0.3, -0.25) is 9.89 Å². The number of rotatable bonds is 4. The van der Waals surface area contributed by atoms with Gasteiger partial charge in [-0.1, -0.05) is 11.3 Å². The average Bonchev–Trinajstić information content (AvgIpc) is 3.08. The molecule has 1 aliphatic carbocycles. The van der Waals surface area contributed by atoms with E-state index in [1.807, 2.05) is 0 Å². The number of halogens is 2. The summed E-state index contributed by atoms with van der Waals surface area (Å²) in [5.41, 5.74) is 3.36. The molecular formula is C20H18F2N6OS. The molecule has 1 fully saturated rings. The van der Waals surface area contributed by atoms with E-state index in [-0.39, 0.29) is 18.1 Å². The Morgan fingerprint density at radius 1 is 1.33 bits per heavy atom. The minimum Gasteiger partial charge on any atom is -0.374 e. The van der Waals surface area contributed by atoms with Gasteiger partial charge in [0.25, 0.3) is 0 Å². The highest BCUT2D eigenvalue weighted by molar-refractivity contribution is 7.22. The third kappa shape index (κ3) is 2.90. The Balaban J connectivity index is 1.59. The fourth-order valence-electron chi connectivity index (χ4n) is 3.65. The Bertz CT molecular complexity index is 1310. The molecule has 30 heavy (non-hydrogen) atoms. The number of hydrogen-bond acceptors (Lipinski definition) is 6. The number of anilines is 2. The number of carbonyl (C=O) groups excluding carboxylic acids is 1. The Hall–Kier alpha value is -3.14. The number of benzene rings is 1. The molecule has 1 saturated carbocycles. The van der Waals surface area contributed by atoms with Gasteiger partial charge in [0.1, 0.15) is 16.5 Å². The lowest BCUT2D eigenvalue weighted by atomic mass is 9.98. The van der Waals surface area contributed by atoms with Crippen molar-refractivity contribution in [2.24, 2.45) is 5.92 Å². The summed E-state index contributed by atoms with van der Waals surface area (Å²) in [7, 11) is 3.56. The number of pyridine rings is 1. The predicted octanol–water partition coefficient (Wildman–Crippen LogP) is 4.04. The van der Waals surface area contributed by atoms with Crippen molar-refractivity contribution in [1.29, 1.82) is 0 Å². The van der Waals surface area contributed by atoms with Crippen molar-refractivity contribution >= 4 is 49.3 Å². The van der Waals surface area contributed by atoms with Crippen molar-refractivity contribution in [3.63, 3.8) is 0 Å². The highest BCUT2D eigenvalue weighted by Gasteiger charge is 2.43. The van der Waals surface area contributed by atoms with Crippen LogP contribution in [0.2, 0.25) is 0 Å². The Morgan fingerprint density at radius 3 is 2.80 bits per heavy atom. The molecule has 4 aromatic rings. The molecule has 1 aliphatic rings. The first kappa shape index (κ1) is 18.9. The second-order valence-corrected chi connectivity index (χ2v) is 8.58. The van der Waals surface area contributed by atoms with Crippen LogP contribution in [-0.2, 0) is 4.79 Å². The zero-order valence-corrected chi connectivity index (χ0v) is 17.3. The van der Waals surface area contributed by atoms with Crippen LogP contribution in [0.5, 0.6) is 0 Å². The first-order valence-electron chi connectivity index (χ1n) is 9.40. The van der Waals surface area contributed by atoms with Crippen LogP contribution in [0.15, 0.2) is 18.3 Å². The van der Waals surface area contributed by atoms with E-state index < -0.39 is 12.1 Å². The van der Waals surface area contributed by atoms with E-state index >= 15 is 4.39 Å². The standard InChI is InChI=1S/C20H18F2N6OS/c1-8-14(10-7-23-27-16(10)17(15(8)22)28(2)3)12-4-5-13-19(24-12)30-20(25-13)26-18(29)9-6-11(9)21/h4-5,7,9,11H,6H2,1-3H3,(H,23,27)(H,25,26,29)/t9-,11+/m1/s1. The molecule has 5 rings (SSSR count). The molecule has 2 atom stereocenters. The molecule has 3 heterocycles. The summed E-state index contributed by atoms with van der Waals surface area (Å²) in [6.07, 6.45) is 0.856. The highest BCUT2D eigenvalue weighted by Crippen LogP contribution is 2.40. The molecule has 0 radical (unpaired) electrons. The summed E-state index contributed by atoms with van der Waals surface area (Å²) in [6.45, 7) is 1.72. The number of aromatic amines is 1. The second-order valence-electron chi connectivity index (χ2n) is 7.60. The average molecular weight is 428 g/mol. The van der Waals surface area contributed by atoms with Gasteiger partial charge in [-0.2, -0.15) is 5.10 Å². The fraction of sp³-hybridized carbons (Fsp3) is 0.300. The van der Waals surface area contributed by atoms with Crippen LogP contribution >= 0.6 is 11.3 Å². The molecule has 1 aromatic carbocycles. The lowest BCUT2D eigenvalue weighted by Gasteiger charge is -2.18. The monoisotopic (exact) mass is 428 g/mol. The normalized spacial score (nSPS) is 18.2. The first-order chi connectivity index (χ1) is 14.3. The zero-order valence-electron chi connectivity index (χ0n) is 16.5. The van der Waals surface area contributed by atoms with Crippen molar-refractivity contribution in [3.8, 4) is 11.3 Å². The second kappa shape index (κ2) is 6.69. The van der Waals surface area contributed by atoms with E-state index in [1.165, 1.54) is 11.3 Å². The topological polar surface area (TPSA) is 86.8 Å². The number of carbonyl (C=O) groups is 1. The number of nitrogens with zero attached hydrogens (tertiary/aromatic N) is 4. The van der Waals surface area contributed by atoms with Crippen LogP contribution in [0.1, 0.15) is 12.0 Å². The van der Waals surface area contributed by atoms with E-state index in [0.717, 1.165) is 5.39 Å². The minimum absolute atomic E-state index is 0.258. The number of nitrogens with one attached hydrogen (secondary N) is 2. The third-order valence-corrected chi connectivity index (χ3v) is 6.18. The van der Waals surface area contributed by atoms with Crippen molar-refractivity contribution in [2.45, 2.75) is 19.5 Å².